The molecule has 4 nitrogen and oxygen atoms in total. The lowest BCUT2D eigenvalue weighted by atomic mass is 9.94. The fraction of sp³-hybridized carbons (Fsp3) is 0.464. The largest absolute Gasteiger partial charge is 0.543 e. The molecule has 2 aromatic rings. The molecule has 0 fully saturated rings. The first kappa shape index (κ1) is 25.3. The molecule has 0 aromatic heterocycles. The Hall–Kier alpha value is -2.37. The number of carbonyl (C=O) groups is 1. The lowest BCUT2D eigenvalue weighted by Gasteiger charge is -2.36. The van der Waals surface area contributed by atoms with Crippen LogP contribution in [0, 0.1) is 0 Å². The predicted octanol–water partition coefficient (Wildman–Crippen LogP) is 6.38. The van der Waals surface area contributed by atoms with Crippen LogP contribution in [-0.4, -0.2) is 38.9 Å². The molecule has 0 spiro atoms. The molecule has 0 aliphatic carbocycles. The zero-order valence-corrected chi connectivity index (χ0v) is 22.1. The van der Waals surface area contributed by atoms with Crippen molar-refractivity contribution in [2.24, 2.45) is 0 Å². The van der Waals surface area contributed by atoms with E-state index < -0.39 is 8.32 Å². The average Bonchev–Trinajstić information content (AvgIpc) is 2.74. The molecule has 1 aliphatic heterocycles. The minimum Gasteiger partial charge on any atom is -0.543 e. The van der Waals surface area contributed by atoms with E-state index in [4.69, 9.17) is 9.16 Å². The first-order valence-corrected chi connectivity index (χ1v) is 14.9. The van der Waals surface area contributed by atoms with Crippen LogP contribution in [0.4, 0.5) is 0 Å². The number of esters is 1. The number of hydrogen-bond donors (Lipinski definition) is 0. The third kappa shape index (κ3) is 6.81. The maximum atomic E-state index is 12.7. The Bertz CT molecular complexity index is 976. The number of rotatable bonds is 8. The first-order valence-electron chi connectivity index (χ1n) is 12.0. The van der Waals surface area contributed by atoms with E-state index in [1.807, 2.05) is 19.1 Å². The third-order valence-corrected chi connectivity index (χ3v) is 11.1. The minimum atomic E-state index is -1.91. The van der Waals surface area contributed by atoms with Gasteiger partial charge in [0.1, 0.15) is 5.75 Å². The zero-order valence-electron chi connectivity index (χ0n) is 21.1. The molecule has 178 valence electrons. The summed E-state index contributed by atoms with van der Waals surface area (Å²) < 4.78 is 11.9. The monoisotopic (exact) mass is 465 g/mol. The molecule has 3 rings (SSSR count). The lowest BCUT2D eigenvalue weighted by molar-refractivity contribution is -0.138. The van der Waals surface area contributed by atoms with Gasteiger partial charge < -0.3 is 9.16 Å². The Morgan fingerprint density at radius 3 is 2.39 bits per heavy atom. The van der Waals surface area contributed by atoms with Crippen LogP contribution in [0.25, 0.3) is 0 Å². The zero-order chi connectivity index (χ0) is 24.1. The predicted molar refractivity (Wildman–Crippen MR) is 138 cm³/mol. The van der Waals surface area contributed by atoms with Gasteiger partial charge in [0.15, 0.2) is 0 Å². The highest BCUT2D eigenvalue weighted by Crippen LogP contribution is 2.37. The van der Waals surface area contributed by atoms with Crippen molar-refractivity contribution in [1.29, 1.82) is 0 Å². The van der Waals surface area contributed by atoms with Gasteiger partial charge in [0.05, 0.1) is 6.61 Å². The van der Waals surface area contributed by atoms with E-state index in [0.29, 0.717) is 6.61 Å². The second-order valence-electron chi connectivity index (χ2n) is 10.4. The molecule has 0 N–H and O–H groups in total. The summed E-state index contributed by atoms with van der Waals surface area (Å²) in [5, 5.41) is 0.143. The van der Waals surface area contributed by atoms with Crippen LogP contribution in [0.1, 0.15) is 45.2 Å². The molecule has 2 aromatic carbocycles. The summed E-state index contributed by atoms with van der Waals surface area (Å²) >= 11 is 0. The average molecular weight is 466 g/mol. The van der Waals surface area contributed by atoms with E-state index in [9.17, 15) is 4.79 Å². The van der Waals surface area contributed by atoms with E-state index in [2.05, 4.69) is 81.2 Å². The summed E-state index contributed by atoms with van der Waals surface area (Å²) in [7, 11) is -1.91. The third-order valence-electron chi connectivity index (χ3n) is 6.79. The number of benzene rings is 2. The highest BCUT2D eigenvalue weighted by Gasteiger charge is 2.39. The Kier molecular flexibility index (Phi) is 8.19. The Balaban J connectivity index is 1.81. The van der Waals surface area contributed by atoms with E-state index in [-0.39, 0.29) is 11.0 Å². The summed E-state index contributed by atoms with van der Waals surface area (Å²) in [5.74, 6) is 0.759. The van der Waals surface area contributed by atoms with Gasteiger partial charge in [-0.2, -0.15) is 0 Å². The van der Waals surface area contributed by atoms with Crippen molar-refractivity contribution in [3.05, 3.63) is 76.9 Å². The second kappa shape index (κ2) is 10.7. The van der Waals surface area contributed by atoms with Gasteiger partial charge in [-0.15, -0.1) is 0 Å². The van der Waals surface area contributed by atoms with Crippen molar-refractivity contribution >= 4 is 14.3 Å². The van der Waals surface area contributed by atoms with Crippen molar-refractivity contribution in [3.8, 4) is 5.75 Å². The maximum Gasteiger partial charge on any atom is 0.334 e. The molecule has 1 heterocycles. The molecule has 1 aliphatic rings. The van der Waals surface area contributed by atoms with Crippen LogP contribution in [0.5, 0.6) is 5.75 Å². The molecule has 0 amide bonds. The molecule has 0 atom stereocenters. The molecular formula is C28H39NO3Si. The van der Waals surface area contributed by atoms with Gasteiger partial charge in [0.25, 0.3) is 0 Å². The summed E-state index contributed by atoms with van der Waals surface area (Å²) in [6.07, 6.45) is 1.45. The summed E-state index contributed by atoms with van der Waals surface area (Å²) in [4.78, 5) is 15.1. The minimum absolute atomic E-state index is 0.143. The topological polar surface area (TPSA) is 38.8 Å². The van der Waals surface area contributed by atoms with Crippen LogP contribution in [-0.2, 0) is 22.5 Å². The van der Waals surface area contributed by atoms with Crippen molar-refractivity contribution in [1.82, 2.24) is 4.90 Å². The quantitative estimate of drug-likeness (QED) is 0.335. The normalized spacial score (nSPS) is 15.5. The van der Waals surface area contributed by atoms with Gasteiger partial charge in [-0.1, -0.05) is 63.2 Å². The van der Waals surface area contributed by atoms with Gasteiger partial charge in [-0.05, 0) is 66.7 Å². The van der Waals surface area contributed by atoms with Crippen molar-refractivity contribution in [3.63, 3.8) is 0 Å². The first-order chi connectivity index (χ1) is 15.6. The van der Waals surface area contributed by atoms with Gasteiger partial charge >= 0.3 is 5.97 Å². The molecule has 5 heteroatoms. The fourth-order valence-electron chi connectivity index (χ4n) is 3.91. The smallest absolute Gasteiger partial charge is 0.334 e. The van der Waals surface area contributed by atoms with Gasteiger partial charge in [-0.3, -0.25) is 4.90 Å². The Morgan fingerprint density at radius 2 is 1.73 bits per heavy atom. The van der Waals surface area contributed by atoms with Crippen molar-refractivity contribution < 1.29 is 14.0 Å². The van der Waals surface area contributed by atoms with E-state index in [1.165, 1.54) is 11.1 Å². The highest BCUT2D eigenvalue weighted by atomic mass is 28.4. The van der Waals surface area contributed by atoms with Crippen LogP contribution in [0.15, 0.2) is 65.7 Å². The molecular weight excluding hydrogens is 426 g/mol. The highest BCUT2D eigenvalue weighted by molar-refractivity contribution is 6.74. The fourth-order valence-corrected chi connectivity index (χ4v) is 4.93. The molecule has 0 unspecified atom stereocenters. The molecule has 0 bridgehead atoms. The molecule has 0 saturated carbocycles. The standard InChI is InChI=1S/C28H39NO3Si/c1-7-31-27(30)26-16-17-29(20-22-12-9-8-10-13-22)21-24(26)18-23-14-11-15-25(19-23)32-33(5,6)28(2,3)4/h8-15,19H,7,16-18,20-21H2,1-6H3. The van der Waals surface area contributed by atoms with Crippen LogP contribution in [0.2, 0.25) is 18.1 Å². The van der Waals surface area contributed by atoms with Gasteiger partial charge in [-0.25, -0.2) is 4.79 Å². The van der Waals surface area contributed by atoms with Gasteiger partial charge in [0, 0.05) is 25.2 Å². The van der Waals surface area contributed by atoms with Gasteiger partial charge in [0.2, 0.25) is 8.32 Å². The number of ether oxygens (including phenoxy) is 1. The number of nitrogens with zero attached hydrogens (tertiary/aromatic N) is 1. The number of hydrogen-bond acceptors (Lipinski definition) is 4. The van der Waals surface area contributed by atoms with Crippen molar-refractivity contribution in [2.75, 3.05) is 19.7 Å². The molecule has 0 saturated heterocycles. The maximum absolute atomic E-state index is 12.7. The SMILES string of the molecule is CCOC(=O)C1=C(Cc2cccc(O[Si](C)(C)C(C)(C)C)c2)CN(Cc2ccccc2)CC1. The summed E-state index contributed by atoms with van der Waals surface area (Å²) in [5.41, 5.74) is 4.46. The van der Waals surface area contributed by atoms with E-state index >= 15 is 0 Å². The Morgan fingerprint density at radius 1 is 1.03 bits per heavy atom. The van der Waals surface area contributed by atoms with E-state index in [1.54, 1.807) is 0 Å². The summed E-state index contributed by atoms with van der Waals surface area (Å²) in [6.45, 7) is 16.1. The van der Waals surface area contributed by atoms with Crippen LogP contribution >= 0.6 is 0 Å². The second-order valence-corrected chi connectivity index (χ2v) is 15.2. The van der Waals surface area contributed by atoms with E-state index in [0.717, 1.165) is 49.4 Å². The molecule has 33 heavy (non-hydrogen) atoms. The summed E-state index contributed by atoms with van der Waals surface area (Å²) in [6, 6.07) is 18.9. The Labute approximate surface area is 200 Å². The van der Waals surface area contributed by atoms with Crippen molar-refractivity contribution in [2.45, 2.75) is 65.2 Å². The molecule has 0 radical (unpaired) electrons. The van der Waals surface area contributed by atoms with Crippen LogP contribution < -0.4 is 4.43 Å². The van der Waals surface area contributed by atoms with Crippen LogP contribution in [0.3, 0.4) is 0 Å². The lowest BCUT2D eigenvalue weighted by Crippen LogP contribution is -2.43. The number of carbonyl (C=O) groups excluding carboxylic acids is 1.